The molecular weight excluding hydrogens is 416 g/mol. The predicted octanol–water partition coefficient (Wildman–Crippen LogP) is 4.45. The number of carbonyl (C=O) groups is 1. The minimum atomic E-state index is -0.502. The third-order valence-corrected chi connectivity index (χ3v) is 5.57. The van der Waals surface area contributed by atoms with Gasteiger partial charge in [-0.3, -0.25) is 4.99 Å². The van der Waals surface area contributed by atoms with Gasteiger partial charge in [0.2, 0.25) is 0 Å². The predicted molar refractivity (Wildman–Crippen MR) is 125 cm³/mol. The number of rotatable bonds is 2. The fraction of sp³-hybridized carbons (Fsp3) is 0.409. The highest BCUT2D eigenvalue weighted by atomic mass is 35.5. The number of urea groups is 1. The zero-order valence-corrected chi connectivity index (χ0v) is 18.9. The Morgan fingerprint density at radius 3 is 2.87 bits per heavy atom. The molecule has 4 rings (SSSR count). The highest BCUT2D eigenvalue weighted by Crippen LogP contribution is 2.36. The summed E-state index contributed by atoms with van der Waals surface area (Å²) in [4.78, 5) is 24.1. The number of carbonyl (C=O) groups excluding carboxylic acids is 1. The molecule has 9 heteroatoms. The van der Waals surface area contributed by atoms with E-state index in [2.05, 4.69) is 41.7 Å². The highest BCUT2D eigenvalue weighted by Gasteiger charge is 2.47. The van der Waals surface area contributed by atoms with Crippen LogP contribution >= 0.6 is 11.6 Å². The SMILES string of the molecule is COc1ccc(NC(=O)N2CCC3(C2)Nc2cccnc2NC3=NC(C)(C)C)cc1Cl. The fourth-order valence-corrected chi connectivity index (χ4v) is 4.11. The quantitative estimate of drug-likeness (QED) is 0.639. The zero-order valence-electron chi connectivity index (χ0n) is 18.1. The van der Waals surface area contributed by atoms with E-state index >= 15 is 0 Å². The Morgan fingerprint density at radius 1 is 1.35 bits per heavy atom. The van der Waals surface area contributed by atoms with Crippen LogP contribution in [0.1, 0.15) is 27.2 Å². The monoisotopic (exact) mass is 442 g/mol. The Balaban J connectivity index is 1.56. The van der Waals surface area contributed by atoms with Crippen LogP contribution in [-0.4, -0.2) is 53.0 Å². The van der Waals surface area contributed by atoms with Crippen molar-refractivity contribution in [2.24, 2.45) is 4.99 Å². The number of anilines is 3. The Bertz CT molecular complexity index is 1030. The molecule has 2 aromatic rings. The van der Waals surface area contributed by atoms with Crippen LogP contribution in [0, 0.1) is 0 Å². The molecule has 0 radical (unpaired) electrons. The fourth-order valence-electron chi connectivity index (χ4n) is 3.85. The summed E-state index contributed by atoms with van der Waals surface area (Å²) < 4.78 is 5.17. The number of nitrogens with zero attached hydrogens (tertiary/aromatic N) is 3. The van der Waals surface area contributed by atoms with E-state index < -0.39 is 5.54 Å². The third-order valence-electron chi connectivity index (χ3n) is 5.28. The largest absolute Gasteiger partial charge is 0.495 e. The van der Waals surface area contributed by atoms with E-state index in [1.807, 2.05) is 12.1 Å². The van der Waals surface area contributed by atoms with Crippen LogP contribution in [0.5, 0.6) is 5.75 Å². The average Bonchev–Trinajstić information content (AvgIpc) is 3.13. The van der Waals surface area contributed by atoms with Crippen LogP contribution < -0.4 is 20.7 Å². The first-order chi connectivity index (χ1) is 14.7. The molecule has 2 aliphatic heterocycles. The molecule has 1 aromatic heterocycles. The van der Waals surface area contributed by atoms with Crippen LogP contribution in [-0.2, 0) is 0 Å². The van der Waals surface area contributed by atoms with Gasteiger partial charge < -0.3 is 25.6 Å². The van der Waals surface area contributed by atoms with Gasteiger partial charge in [-0.1, -0.05) is 11.6 Å². The van der Waals surface area contributed by atoms with E-state index in [4.69, 9.17) is 21.3 Å². The van der Waals surface area contributed by atoms with E-state index in [1.54, 1.807) is 36.4 Å². The number of halogens is 1. The number of aromatic nitrogens is 1. The van der Waals surface area contributed by atoms with Crippen molar-refractivity contribution in [1.29, 1.82) is 0 Å². The molecule has 1 aromatic carbocycles. The minimum absolute atomic E-state index is 0.188. The van der Waals surface area contributed by atoms with Gasteiger partial charge in [-0.05, 0) is 57.5 Å². The molecule has 8 nitrogen and oxygen atoms in total. The van der Waals surface area contributed by atoms with Gasteiger partial charge in [0.05, 0.1) is 29.9 Å². The number of amides is 2. The zero-order chi connectivity index (χ0) is 22.2. The maximum absolute atomic E-state index is 13.0. The van der Waals surface area contributed by atoms with Crippen molar-refractivity contribution in [3.05, 3.63) is 41.6 Å². The normalized spacial score (nSPS) is 21.5. The van der Waals surface area contributed by atoms with Gasteiger partial charge >= 0.3 is 6.03 Å². The molecule has 2 amide bonds. The summed E-state index contributed by atoms with van der Waals surface area (Å²) >= 11 is 6.19. The lowest BCUT2D eigenvalue weighted by atomic mass is 9.93. The van der Waals surface area contributed by atoms with Gasteiger partial charge in [-0.15, -0.1) is 0 Å². The number of pyridine rings is 1. The summed E-state index contributed by atoms with van der Waals surface area (Å²) in [6.45, 7) is 7.21. The lowest BCUT2D eigenvalue weighted by molar-refractivity contribution is 0.221. The lowest BCUT2D eigenvalue weighted by Gasteiger charge is -2.39. The molecule has 0 aliphatic carbocycles. The second-order valence-electron chi connectivity index (χ2n) is 8.81. The Morgan fingerprint density at radius 2 is 2.16 bits per heavy atom. The summed E-state index contributed by atoms with van der Waals surface area (Å²) in [5.41, 5.74) is 0.737. The first kappa shape index (κ1) is 21.2. The number of nitrogens with one attached hydrogen (secondary N) is 3. The smallest absolute Gasteiger partial charge is 0.321 e. The molecule has 1 spiro atoms. The number of hydrogen-bond donors (Lipinski definition) is 3. The molecule has 2 aliphatic rings. The Labute approximate surface area is 187 Å². The molecule has 0 saturated carbocycles. The summed E-state index contributed by atoms with van der Waals surface area (Å²) in [6, 6.07) is 8.86. The molecule has 1 atom stereocenters. The van der Waals surface area contributed by atoms with Crippen molar-refractivity contribution in [3.8, 4) is 5.75 Å². The van der Waals surface area contributed by atoms with Crippen molar-refractivity contribution in [2.75, 3.05) is 36.1 Å². The van der Waals surface area contributed by atoms with Gasteiger partial charge in [0.15, 0.2) is 5.82 Å². The number of methoxy groups -OCH3 is 1. The maximum atomic E-state index is 13.0. The number of aliphatic imine (C=N–C) groups is 1. The molecule has 3 heterocycles. The van der Waals surface area contributed by atoms with Gasteiger partial charge in [0.25, 0.3) is 0 Å². The molecule has 1 fully saturated rings. The molecule has 31 heavy (non-hydrogen) atoms. The van der Waals surface area contributed by atoms with Gasteiger partial charge in [0, 0.05) is 18.4 Å². The lowest BCUT2D eigenvalue weighted by Crippen LogP contribution is -2.55. The summed E-state index contributed by atoms with van der Waals surface area (Å²) in [5.74, 6) is 2.11. The second-order valence-corrected chi connectivity index (χ2v) is 9.22. The van der Waals surface area contributed by atoms with Gasteiger partial charge in [0.1, 0.15) is 17.1 Å². The van der Waals surface area contributed by atoms with Crippen LogP contribution in [0.2, 0.25) is 5.02 Å². The van der Waals surface area contributed by atoms with Gasteiger partial charge in [-0.2, -0.15) is 0 Å². The summed E-state index contributed by atoms with van der Waals surface area (Å²) in [6.07, 6.45) is 2.47. The van der Waals surface area contributed by atoms with E-state index in [9.17, 15) is 4.79 Å². The maximum Gasteiger partial charge on any atom is 0.321 e. The second kappa shape index (κ2) is 7.92. The van der Waals surface area contributed by atoms with Gasteiger partial charge in [-0.25, -0.2) is 9.78 Å². The average molecular weight is 443 g/mol. The summed E-state index contributed by atoms with van der Waals surface area (Å²) in [7, 11) is 1.55. The van der Waals surface area contributed by atoms with Crippen molar-refractivity contribution in [3.63, 3.8) is 0 Å². The minimum Gasteiger partial charge on any atom is -0.495 e. The van der Waals surface area contributed by atoms with E-state index in [0.29, 0.717) is 29.5 Å². The number of hydrogen-bond acceptors (Lipinski definition) is 5. The molecular formula is C22H27ClN6O2. The number of ether oxygens (including phenoxy) is 1. The molecule has 1 saturated heterocycles. The number of amidine groups is 1. The molecule has 3 N–H and O–H groups in total. The van der Waals surface area contributed by atoms with E-state index in [0.717, 1.165) is 23.8 Å². The van der Waals surface area contributed by atoms with E-state index in [1.165, 1.54) is 0 Å². The van der Waals surface area contributed by atoms with Crippen LogP contribution in [0.4, 0.5) is 22.0 Å². The van der Waals surface area contributed by atoms with Crippen LogP contribution in [0.15, 0.2) is 41.5 Å². The van der Waals surface area contributed by atoms with E-state index in [-0.39, 0.29) is 11.6 Å². The Kier molecular flexibility index (Phi) is 5.43. The van der Waals surface area contributed by atoms with Crippen LogP contribution in [0.25, 0.3) is 0 Å². The van der Waals surface area contributed by atoms with Crippen LogP contribution in [0.3, 0.4) is 0 Å². The highest BCUT2D eigenvalue weighted by molar-refractivity contribution is 6.32. The summed E-state index contributed by atoms with van der Waals surface area (Å²) in [5, 5.41) is 10.4. The molecule has 164 valence electrons. The first-order valence-corrected chi connectivity index (χ1v) is 10.6. The number of benzene rings is 1. The standard InChI is InChI=1S/C22H27ClN6O2/c1-21(2,3)28-19-22(27-16-6-5-10-24-18(16)26-19)9-11-29(13-22)20(30)25-14-7-8-17(31-4)15(23)12-14/h5-8,10,12,27H,9,11,13H2,1-4H3,(H,25,30)(H,24,26,28). The number of fused-ring (bicyclic) bond motifs is 1. The van der Waals surface area contributed by atoms with Crippen molar-refractivity contribution < 1.29 is 9.53 Å². The number of likely N-dealkylation sites (tertiary alicyclic amines) is 1. The van der Waals surface area contributed by atoms with Crippen molar-refractivity contribution in [1.82, 2.24) is 9.88 Å². The Hall–Kier alpha value is -3.00. The van der Waals surface area contributed by atoms with Crippen molar-refractivity contribution in [2.45, 2.75) is 38.3 Å². The topological polar surface area (TPSA) is 90.9 Å². The molecule has 1 unspecified atom stereocenters. The molecule has 0 bridgehead atoms. The first-order valence-electron chi connectivity index (χ1n) is 10.2. The van der Waals surface area contributed by atoms with Crippen molar-refractivity contribution >= 4 is 40.7 Å². The third kappa shape index (κ3) is 4.39.